The Labute approximate surface area is 344 Å². The molecule has 0 amide bonds. The van der Waals surface area contributed by atoms with E-state index in [9.17, 15) is 0 Å². The molecule has 0 aliphatic carbocycles. The second-order valence-corrected chi connectivity index (χ2v) is 16.9. The lowest BCUT2D eigenvalue weighted by Crippen LogP contribution is -1.90. The Bertz CT molecular complexity index is 2430. The quantitative estimate of drug-likeness (QED) is 0.149. The van der Waals surface area contributed by atoms with Gasteiger partial charge in [-0.25, -0.2) is 9.97 Å². The van der Waals surface area contributed by atoms with Gasteiger partial charge in [0.1, 0.15) is 0 Å². The van der Waals surface area contributed by atoms with Gasteiger partial charge in [0.15, 0.2) is 0 Å². The molecule has 3 aromatic heterocycles. The molecule has 0 radical (unpaired) electrons. The van der Waals surface area contributed by atoms with E-state index in [-0.39, 0.29) is 0 Å². The van der Waals surface area contributed by atoms with Crippen molar-refractivity contribution < 1.29 is 0 Å². The summed E-state index contributed by atoms with van der Waals surface area (Å²) < 4.78 is 0. The summed E-state index contributed by atoms with van der Waals surface area (Å²) in [6.07, 6.45) is 17.1. The molecule has 2 aliphatic heterocycles. The molecule has 56 heavy (non-hydrogen) atoms. The van der Waals surface area contributed by atoms with Crippen LogP contribution in [0.5, 0.6) is 0 Å². The molecule has 274 valence electrons. The molecule has 8 bridgehead atoms. The van der Waals surface area contributed by atoms with Crippen LogP contribution in [0.25, 0.3) is 90.9 Å². The normalized spacial score (nSPS) is 12.1. The van der Waals surface area contributed by atoms with Gasteiger partial charge in [-0.05, 0) is 144 Å². The van der Waals surface area contributed by atoms with Crippen molar-refractivity contribution >= 4 is 93.4 Å². The lowest BCUT2D eigenvalue weighted by atomic mass is 10.0. The van der Waals surface area contributed by atoms with Crippen molar-refractivity contribution in [2.75, 3.05) is 25.0 Å². The highest BCUT2D eigenvalue weighted by molar-refractivity contribution is 7.99. The number of aromatic amines is 2. The number of rotatable bonds is 8. The fourth-order valence-corrected chi connectivity index (χ4v) is 9.08. The first-order valence-corrected chi connectivity index (χ1v) is 23.2. The molecule has 7 aromatic rings. The predicted octanol–water partition coefficient (Wildman–Crippen LogP) is 14.2. The summed E-state index contributed by atoms with van der Waals surface area (Å²) in [6.45, 7) is 0. The number of fused-ring (bicyclic) bond motifs is 8. The average molecular weight is 799 g/mol. The van der Waals surface area contributed by atoms with Gasteiger partial charge < -0.3 is 9.97 Å². The molecule has 0 saturated carbocycles. The minimum absolute atomic E-state index is 0.906. The van der Waals surface area contributed by atoms with Gasteiger partial charge in [-0.2, -0.15) is 0 Å². The number of hydrogen-bond acceptors (Lipinski definition) is 6. The Morgan fingerprint density at radius 3 is 0.714 bits per heavy atom. The molecule has 8 heteroatoms. The van der Waals surface area contributed by atoms with Crippen LogP contribution in [-0.4, -0.2) is 45.0 Å². The third kappa shape index (κ3) is 6.96. The molecule has 0 fully saturated rings. The molecule has 2 aliphatic rings. The van der Waals surface area contributed by atoms with E-state index >= 15 is 0 Å². The second-order valence-electron chi connectivity index (χ2n) is 13.4. The van der Waals surface area contributed by atoms with Crippen molar-refractivity contribution in [2.45, 2.75) is 19.6 Å². The highest BCUT2D eigenvalue weighted by Crippen LogP contribution is 2.39. The minimum Gasteiger partial charge on any atom is -0.354 e. The maximum absolute atomic E-state index is 5.46. The number of benzene rings is 4. The molecule has 4 aromatic carbocycles. The molecule has 4 nitrogen and oxygen atoms in total. The highest BCUT2D eigenvalue weighted by Gasteiger charge is 2.19. The molecule has 0 atom stereocenters. The largest absolute Gasteiger partial charge is 0.354 e. The van der Waals surface area contributed by atoms with Crippen molar-refractivity contribution in [3.8, 4) is 44.5 Å². The molecular formula is C48H38N4S4. The van der Waals surface area contributed by atoms with E-state index in [1.807, 2.05) is 0 Å². The first-order valence-electron chi connectivity index (χ1n) is 18.3. The fourth-order valence-electron chi connectivity index (χ4n) is 7.45. The van der Waals surface area contributed by atoms with Gasteiger partial charge in [-0.3, -0.25) is 0 Å². The van der Waals surface area contributed by atoms with Gasteiger partial charge in [0.25, 0.3) is 0 Å². The van der Waals surface area contributed by atoms with E-state index in [2.05, 4.69) is 181 Å². The predicted molar refractivity (Wildman–Crippen MR) is 248 cm³/mol. The number of nitrogens with one attached hydrogen (secondary N) is 2. The lowest BCUT2D eigenvalue weighted by molar-refractivity contribution is 1.30. The van der Waals surface area contributed by atoms with Gasteiger partial charge in [-0.15, -0.1) is 47.0 Å². The standard InChI is InChI=1S/C48H38N4S4/c1-53-33-13-5-29(6-14-33)45-37-21-23-39(49-37)46(30-7-15-34(54-2)16-8-30)41-25-27-43(51-41)48(32-11-19-36(56-4)20-12-32)44-28-26-42(52-44)47(40-24-22-38(45)50-40)31-9-17-35(55-3)18-10-31/h5-28,49,52H,1-4H3. The lowest BCUT2D eigenvalue weighted by Gasteiger charge is -2.08. The number of H-pyrrole nitrogens is 2. The van der Waals surface area contributed by atoms with Crippen LogP contribution in [0.3, 0.4) is 0 Å². The van der Waals surface area contributed by atoms with Crippen LogP contribution in [0.4, 0.5) is 0 Å². The van der Waals surface area contributed by atoms with Gasteiger partial charge in [-0.1, -0.05) is 48.5 Å². The molecule has 0 spiro atoms. The highest BCUT2D eigenvalue weighted by atomic mass is 32.2. The maximum atomic E-state index is 5.46. The Balaban J connectivity index is 1.44. The number of aromatic nitrogens is 4. The summed E-state index contributed by atoms with van der Waals surface area (Å²) in [5, 5.41) is 0. The molecule has 0 saturated heterocycles. The fraction of sp³-hybridized carbons (Fsp3) is 0.0833. The summed E-state index contributed by atoms with van der Waals surface area (Å²) in [7, 11) is 0. The molecule has 2 N–H and O–H groups in total. The summed E-state index contributed by atoms with van der Waals surface area (Å²) in [5.74, 6) is 0. The number of nitrogens with zero attached hydrogens (tertiary/aromatic N) is 2. The van der Waals surface area contributed by atoms with E-state index < -0.39 is 0 Å². The topological polar surface area (TPSA) is 57.4 Å². The van der Waals surface area contributed by atoms with Crippen molar-refractivity contribution in [1.29, 1.82) is 0 Å². The van der Waals surface area contributed by atoms with Crippen molar-refractivity contribution in [1.82, 2.24) is 19.9 Å². The maximum Gasteiger partial charge on any atom is 0.0737 e. The number of hydrogen-bond donors (Lipinski definition) is 2. The zero-order valence-corrected chi connectivity index (χ0v) is 34.6. The molecule has 9 rings (SSSR count). The summed E-state index contributed by atoms with van der Waals surface area (Å²) >= 11 is 6.98. The van der Waals surface area contributed by atoms with Crippen LogP contribution < -0.4 is 0 Å². The Kier molecular flexibility index (Phi) is 10.3. The number of thioether (sulfide) groups is 4. The van der Waals surface area contributed by atoms with Crippen LogP contribution in [0.1, 0.15) is 22.8 Å². The molecule has 5 heterocycles. The third-order valence-corrected chi connectivity index (χ3v) is 13.2. The first kappa shape index (κ1) is 36.5. The summed E-state index contributed by atoms with van der Waals surface area (Å²) in [4.78, 5) is 23.5. The monoisotopic (exact) mass is 798 g/mol. The van der Waals surface area contributed by atoms with Crippen LogP contribution in [0, 0.1) is 0 Å². The van der Waals surface area contributed by atoms with Crippen LogP contribution >= 0.6 is 47.0 Å². The molecule has 0 unspecified atom stereocenters. The van der Waals surface area contributed by atoms with Gasteiger partial charge in [0.2, 0.25) is 0 Å². The third-order valence-electron chi connectivity index (χ3n) is 10.3. The van der Waals surface area contributed by atoms with Crippen molar-refractivity contribution in [3.63, 3.8) is 0 Å². The zero-order valence-electron chi connectivity index (χ0n) is 31.4. The van der Waals surface area contributed by atoms with Crippen LogP contribution in [0.2, 0.25) is 0 Å². The minimum atomic E-state index is 0.906. The Morgan fingerprint density at radius 2 is 0.518 bits per heavy atom. The van der Waals surface area contributed by atoms with Gasteiger partial charge >= 0.3 is 0 Å². The van der Waals surface area contributed by atoms with E-state index in [0.29, 0.717) is 0 Å². The smallest absolute Gasteiger partial charge is 0.0737 e. The Hall–Kier alpha value is -5.12. The van der Waals surface area contributed by atoms with E-state index in [0.717, 1.165) is 89.4 Å². The van der Waals surface area contributed by atoms with Crippen molar-refractivity contribution in [2.24, 2.45) is 0 Å². The van der Waals surface area contributed by atoms with E-state index in [4.69, 9.17) is 9.97 Å². The SMILES string of the molecule is CSc1ccc(-c2c3nc(c(-c4ccc(SC)cc4)c4ccc([nH]4)c(-c4ccc(SC)cc4)c4nc(c(-c5ccc(SC)cc5)c5ccc2[nH]5)C=C4)C=C3)cc1. The zero-order chi connectivity index (χ0) is 38.2. The first-order chi connectivity index (χ1) is 27.5. The van der Waals surface area contributed by atoms with Gasteiger partial charge in [0.05, 0.1) is 22.8 Å². The summed E-state index contributed by atoms with van der Waals surface area (Å²) in [5.41, 5.74) is 16.2. The van der Waals surface area contributed by atoms with Crippen LogP contribution in [0.15, 0.2) is 141 Å². The van der Waals surface area contributed by atoms with Crippen LogP contribution in [-0.2, 0) is 0 Å². The van der Waals surface area contributed by atoms with E-state index in [1.54, 1.807) is 47.0 Å². The van der Waals surface area contributed by atoms with E-state index in [1.165, 1.54) is 19.6 Å². The summed E-state index contributed by atoms with van der Waals surface area (Å²) in [6, 6.07) is 43.9. The Morgan fingerprint density at radius 1 is 0.304 bits per heavy atom. The second kappa shape index (κ2) is 15.8. The van der Waals surface area contributed by atoms with Crippen molar-refractivity contribution in [3.05, 3.63) is 144 Å². The van der Waals surface area contributed by atoms with Gasteiger partial charge in [0, 0.05) is 63.9 Å². The molecular weight excluding hydrogens is 761 g/mol. The average Bonchev–Trinajstić information content (AvgIpc) is 4.10.